The Kier molecular flexibility index (Phi) is 8.04. The van der Waals surface area contributed by atoms with Crippen LogP contribution in [0.1, 0.15) is 49.4 Å². The zero-order valence-corrected chi connectivity index (χ0v) is 17.9. The van der Waals surface area contributed by atoms with Crippen LogP contribution in [0.15, 0.2) is 48.5 Å². The number of carbonyl (C=O) groups is 3. The van der Waals surface area contributed by atoms with Gasteiger partial charge in [-0.1, -0.05) is 25.8 Å². The molecule has 3 rings (SSSR count). The molecule has 1 heterocycles. The minimum atomic E-state index is -0.199. The predicted octanol–water partition coefficient (Wildman–Crippen LogP) is 4.10. The monoisotopic (exact) mass is 422 g/mol. The highest BCUT2D eigenvalue weighted by Gasteiger charge is 2.17. The first-order valence-corrected chi connectivity index (χ1v) is 10.9. The fourth-order valence-corrected chi connectivity index (χ4v) is 3.50. The molecule has 1 saturated heterocycles. The summed E-state index contributed by atoms with van der Waals surface area (Å²) < 4.78 is 0. The van der Waals surface area contributed by atoms with Crippen molar-refractivity contribution >= 4 is 34.8 Å². The second-order valence-corrected chi connectivity index (χ2v) is 7.67. The molecule has 0 bridgehead atoms. The molecule has 2 aromatic carbocycles. The van der Waals surface area contributed by atoms with Crippen LogP contribution in [0.2, 0.25) is 0 Å². The van der Waals surface area contributed by atoms with Crippen molar-refractivity contribution < 1.29 is 14.4 Å². The molecule has 0 spiro atoms. The van der Waals surface area contributed by atoms with Crippen molar-refractivity contribution in [2.24, 2.45) is 0 Å². The third kappa shape index (κ3) is 6.84. The van der Waals surface area contributed by atoms with Crippen LogP contribution in [-0.2, 0) is 9.59 Å². The van der Waals surface area contributed by atoms with E-state index in [9.17, 15) is 14.4 Å². The molecule has 0 aliphatic carbocycles. The maximum atomic E-state index is 12.7. The molecule has 2 aromatic rings. The Morgan fingerprint density at radius 3 is 2.13 bits per heavy atom. The third-order valence-corrected chi connectivity index (χ3v) is 5.23. The van der Waals surface area contributed by atoms with Gasteiger partial charge in [-0.3, -0.25) is 14.4 Å². The molecule has 1 fully saturated rings. The lowest BCUT2D eigenvalue weighted by atomic mass is 10.1. The van der Waals surface area contributed by atoms with Crippen molar-refractivity contribution in [1.82, 2.24) is 4.90 Å². The number of carbonyl (C=O) groups excluding carboxylic acids is 3. The molecule has 0 unspecified atom stereocenters. The maximum absolute atomic E-state index is 12.7. The van der Waals surface area contributed by atoms with Crippen molar-refractivity contribution in [3.8, 4) is 0 Å². The van der Waals surface area contributed by atoms with E-state index in [2.05, 4.69) is 16.0 Å². The van der Waals surface area contributed by atoms with Gasteiger partial charge in [0.2, 0.25) is 11.8 Å². The molecule has 3 N–H and O–H groups in total. The molecule has 7 heteroatoms. The van der Waals surface area contributed by atoms with Crippen molar-refractivity contribution in [3.63, 3.8) is 0 Å². The largest absolute Gasteiger partial charge is 0.376 e. The van der Waals surface area contributed by atoms with Crippen molar-refractivity contribution in [1.29, 1.82) is 0 Å². The van der Waals surface area contributed by atoms with Gasteiger partial charge >= 0.3 is 0 Å². The Morgan fingerprint density at radius 1 is 0.806 bits per heavy atom. The lowest BCUT2D eigenvalue weighted by molar-refractivity contribution is -0.116. The summed E-state index contributed by atoms with van der Waals surface area (Å²) in [5, 5.41) is 8.67. The van der Waals surface area contributed by atoms with Gasteiger partial charge in [-0.2, -0.15) is 0 Å². The number of hydrogen-bond acceptors (Lipinski definition) is 4. The zero-order valence-electron chi connectivity index (χ0n) is 17.9. The molecule has 3 amide bonds. The molecule has 7 nitrogen and oxygen atoms in total. The topological polar surface area (TPSA) is 90.5 Å². The normalized spacial score (nSPS) is 13.8. The summed E-state index contributed by atoms with van der Waals surface area (Å²) in [4.78, 5) is 38.4. The first-order valence-electron chi connectivity index (χ1n) is 10.9. The SMILES string of the molecule is CCC(=O)Nc1cccc(NCC(=O)Nc2ccc(C(=O)N3CCCCCC3)cc2)c1. The lowest BCUT2D eigenvalue weighted by Crippen LogP contribution is -2.31. The zero-order chi connectivity index (χ0) is 22.1. The van der Waals surface area contributed by atoms with Crippen LogP contribution in [0.25, 0.3) is 0 Å². The van der Waals surface area contributed by atoms with Crippen LogP contribution in [0.3, 0.4) is 0 Å². The Labute approximate surface area is 183 Å². The molecule has 1 aliphatic rings. The summed E-state index contributed by atoms with van der Waals surface area (Å²) in [5.74, 6) is -0.209. The molecule has 164 valence electrons. The summed E-state index contributed by atoms with van der Waals surface area (Å²) in [6.07, 6.45) is 4.88. The second kappa shape index (κ2) is 11.2. The van der Waals surface area contributed by atoms with E-state index in [4.69, 9.17) is 0 Å². The van der Waals surface area contributed by atoms with E-state index in [-0.39, 0.29) is 24.3 Å². The quantitative estimate of drug-likeness (QED) is 0.627. The summed E-state index contributed by atoms with van der Waals surface area (Å²) in [6, 6.07) is 14.3. The molecular weight excluding hydrogens is 392 g/mol. The van der Waals surface area contributed by atoms with Crippen molar-refractivity contribution in [2.45, 2.75) is 39.0 Å². The van der Waals surface area contributed by atoms with Gasteiger partial charge < -0.3 is 20.9 Å². The maximum Gasteiger partial charge on any atom is 0.253 e. The van der Waals surface area contributed by atoms with E-state index >= 15 is 0 Å². The highest BCUT2D eigenvalue weighted by molar-refractivity contribution is 5.97. The van der Waals surface area contributed by atoms with E-state index < -0.39 is 0 Å². The molecule has 1 aliphatic heterocycles. The Bertz CT molecular complexity index is 903. The summed E-state index contributed by atoms with van der Waals surface area (Å²) in [5.41, 5.74) is 2.71. The standard InChI is InChI=1S/C24H30N4O3/c1-2-22(29)27-21-9-7-8-20(16-21)25-17-23(30)26-19-12-10-18(11-13-19)24(31)28-14-5-3-4-6-15-28/h7-13,16,25H,2-6,14-15,17H2,1H3,(H,26,30)(H,27,29). The van der Waals surface area contributed by atoms with E-state index in [1.807, 2.05) is 17.0 Å². The number of nitrogens with one attached hydrogen (secondary N) is 3. The number of anilines is 3. The van der Waals surface area contributed by atoms with E-state index in [0.29, 0.717) is 23.4 Å². The Balaban J connectivity index is 1.50. The van der Waals surface area contributed by atoms with Gasteiger partial charge in [-0.25, -0.2) is 0 Å². The van der Waals surface area contributed by atoms with Crippen molar-refractivity contribution in [2.75, 3.05) is 35.6 Å². The smallest absolute Gasteiger partial charge is 0.253 e. The first-order chi connectivity index (χ1) is 15.0. The average molecular weight is 423 g/mol. The highest BCUT2D eigenvalue weighted by Crippen LogP contribution is 2.17. The predicted molar refractivity (Wildman–Crippen MR) is 123 cm³/mol. The highest BCUT2D eigenvalue weighted by atomic mass is 16.2. The number of benzene rings is 2. The van der Waals surface area contributed by atoms with Gasteiger partial charge in [-0.15, -0.1) is 0 Å². The summed E-state index contributed by atoms with van der Waals surface area (Å²) in [7, 11) is 0. The van der Waals surface area contributed by atoms with E-state index in [1.54, 1.807) is 43.3 Å². The lowest BCUT2D eigenvalue weighted by Gasteiger charge is -2.20. The Morgan fingerprint density at radius 2 is 1.45 bits per heavy atom. The van der Waals surface area contributed by atoms with Gasteiger partial charge in [0.1, 0.15) is 0 Å². The first kappa shape index (κ1) is 22.3. The van der Waals surface area contributed by atoms with Crippen LogP contribution in [-0.4, -0.2) is 42.3 Å². The Hall–Kier alpha value is -3.35. The van der Waals surface area contributed by atoms with Crippen LogP contribution in [0.4, 0.5) is 17.1 Å². The molecule has 0 atom stereocenters. The third-order valence-electron chi connectivity index (χ3n) is 5.23. The molecular formula is C24H30N4O3. The number of likely N-dealkylation sites (tertiary alicyclic amines) is 1. The van der Waals surface area contributed by atoms with Crippen LogP contribution in [0, 0.1) is 0 Å². The van der Waals surface area contributed by atoms with E-state index in [0.717, 1.165) is 31.6 Å². The number of nitrogens with zero attached hydrogens (tertiary/aromatic N) is 1. The molecule has 0 saturated carbocycles. The van der Waals surface area contributed by atoms with Gasteiger partial charge in [0.05, 0.1) is 6.54 Å². The van der Waals surface area contributed by atoms with E-state index in [1.165, 1.54) is 12.8 Å². The van der Waals surface area contributed by atoms with Gasteiger partial charge in [-0.05, 0) is 55.3 Å². The van der Waals surface area contributed by atoms with Crippen LogP contribution < -0.4 is 16.0 Å². The summed E-state index contributed by atoms with van der Waals surface area (Å²) >= 11 is 0. The number of rotatable bonds is 7. The van der Waals surface area contributed by atoms with Gasteiger partial charge in [0, 0.05) is 42.1 Å². The van der Waals surface area contributed by atoms with Gasteiger partial charge in [0.25, 0.3) is 5.91 Å². The minimum absolute atomic E-state index is 0.0523. The fraction of sp³-hybridized carbons (Fsp3) is 0.375. The fourth-order valence-electron chi connectivity index (χ4n) is 3.50. The minimum Gasteiger partial charge on any atom is -0.376 e. The molecule has 0 aromatic heterocycles. The van der Waals surface area contributed by atoms with Gasteiger partial charge in [0.15, 0.2) is 0 Å². The van der Waals surface area contributed by atoms with Crippen molar-refractivity contribution in [3.05, 3.63) is 54.1 Å². The molecule has 31 heavy (non-hydrogen) atoms. The summed E-state index contributed by atoms with van der Waals surface area (Å²) in [6.45, 7) is 3.50. The second-order valence-electron chi connectivity index (χ2n) is 7.67. The molecule has 0 radical (unpaired) electrons. The van der Waals surface area contributed by atoms with Crippen LogP contribution >= 0.6 is 0 Å². The number of hydrogen-bond donors (Lipinski definition) is 3. The number of amides is 3. The average Bonchev–Trinajstić information content (AvgIpc) is 3.07. The van der Waals surface area contributed by atoms with Crippen LogP contribution in [0.5, 0.6) is 0 Å².